The standard InChI is InChI=1S/C18H21NO2/c1-18(2)11-21-16-9-8-12(10-14(16)18)17(19)13-6-4-5-7-15(13)20-3/h4-10,17H,11,19H2,1-3H3. The van der Waals surface area contributed by atoms with Gasteiger partial charge in [-0.3, -0.25) is 0 Å². The fraction of sp³-hybridized carbons (Fsp3) is 0.333. The molecule has 0 radical (unpaired) electrons. The van der Waals surface area contributed by atoms with Gasteiger partial charge in [0.1, 0.15) is 11.5 Å². The molecule has 0 bridgehead atoms. The van der Waals surface area contributed by atoms with E-state index in [4.69, 9.17) is 15.2 Å². The van der Waals surface area contributed by atoms with Crippen molar-refractivity contribution in [2.45, 2.75) is 25.3 Å². The zero-order valence-corrected chi connectivity index (χ0v) is 12.7. The minimum Gasteiger partial charge on any atom is -0.496 e. The predicted octanol–water partition coefficient (Wildman–Crippen LogP) is 3.41. The zero-order valence-electron chi connectivity index (χ0n) is 12.7. The molecule has 1 atom stereocenters. The van der Waals surface area contributed by atoms with Crippen molar-refractivity contribution in [1.82, 2.24) is 0 Å². The van der Waals surface area contributed by atoms with Crippen LogP contribution in [0.15, 0.2) is 42.5 Å². The molecule has 2 N–H and O–H groups in total. The second-order valence-corrected chi connectivity index (χ2v) is 6.15. The van der Waals surface area contributed by atoms with E-state index < -0.39 is 0 Å². The van der Waals surface area contributed by atoms with E-state index in [0.29, 0.717) is 0 Å². The highest BCUT2D eigenvalue weighted by molar-refractivity contribution is 5.49. The van der Waals surface area contributed by atoms with E-state index >= 15 is 0 Å². The van der Waals surface area contributed by atoms with Crippen molar-refractivity contribution >= 4 is 0 Å². The van der Waals surface area contributed by atoms with E-state index in [-0.39, 0.29) is 11.5 Å². The molecule has 0 saturated carbocycles. The summed E-state index contributed by atoms with van der Waals surface area (Å²) in [6.45, 7) is 5.10. The Labute approximate surface area is 125 Å². The van der Waals surface area contributed by atoms with Crippen LogP contribution < -0.4 is 15.2 Å². The van der Waals surface area contributed by atoms with E-state index in [0.717, 1.165) is 29.2 Å². The van der Waals surface area contributed by atoms with Gasteiger partial charge in [-0.1, -0.05) is 38.1 Å². The lowest BCUT2D eigenvalue weighted by Crippen LogP contribution is -2.19. The molecule has 1 aliphatic rings. The molecular formula is C18H21NO2. The molecule has 0 amide bonds. The molecule has 1 aliphatic heterocycles. The van der Waals surface area contributed by atoms with Crippen LogP contribution in [0.1, 0.15) is 36.6 Å². The van der Waals surface area contributed by atoms with E-state index in [9.17, 15) is 0 Å². The molecule has 1 unspecified atom stereocenters. The lowest BCUT2D eigenvalue weighted by atomic mass is 9.85. The summed E-state index contributed by atoms with van der Waals surface area (Å²) in [5.74, 6) is 1.79. The summed E-state index contributed by atoms with van der Waals surface area (Å²) in [6, 6.07) is 13.9. The third kappa shape index (κ3) is 2.38. The molecule has 3 heteroatoms. The number of hydrogen-bond acceptors (Lipinski definition) is 3. The van der Waals surface area contributed by atoms with Gasteiger partial charge in [-0.25, -0.2) is 0 Å². The molecule has 1 heterocycles. The Hall–Kier alpha value is -2.00. The lowest BCUT2D eigenvalue weighted by Gasteiger charge is -2.19. The Morgan fingerprint density at radius 2 is 1.95 bits per heavy atom. The van der Waals surface area contributed by atoms with E-state index in [2.05, 4.69) is 19.9 Å². The number of hydrogen-bond donors (Lipinski definition) is 1. The molecule has 21 heavy (non-hydrogen) atoms. The minimum atomic E-state index is -0.206. The van der Waals surface area contributed by atoms with Gasteiger partial charge in [0.2, 0.25) is 0 Å². The lowest BCUT2D eigenvalue weighted by molar-refractivity contribution is 0.291. The van der Waals surface area contributed by atoms with Crippen LogP contribution in [-0.2, 0) is 5.41 Å². The Balaban J connectivity index is 2.01. The highest BCUT2D eigenvalue weighted by atomic mass is 16.5. The molecule has 2 aromatic rings. The van der Waals surface area contributed by atoms with Gasteiger partial charge in [0.25, 0.3) is 0 Å². The molecule has 3 rings (SSSR count). The monoisotopic (exact) mass is 283 g/mol. The summed E-state index contributed by atoms with van der Waals surface area (Å²) in [6.07, 6.45) is 0. The Bertz CT molecular complexity index is 664. The first-order valence-electron chi connectivity index (χ1n) is 7.18. The van der Waals surface area contributed by atoms with Crippen LogP contribution in [0.3, 0.4) is 0 Å². The van der Waals surface area contributed by atoms with E-state index in [1.807, 2.05) is 36.4 Å². The number of methoxy groups -OCH3 is 1. The SMILES string of the molecule is COc1ccccc1C(N)c1ccc2c(c1)C(C)(C)CO2. The van der Waals surface area contributed by atoms with Crippen LogP contribution in [0.25, 0.3) is 0 Å². The van der Waals surface area contributed by atoms with Gasteiger partial charge in [-0.2, -0.15) is 0 Å². The average Bonchev–Trinajstić information content (AvgIpc) is 2.81. The van der Waals surface area contributed by atoms with Gasteiger partial charge in [-0.05, 0) is 23.8 Å². The van der Waals surface area contributed by atoms with Crippen molar-refractivity contribution in [2.75, 3.05) is 13.7 Å². The quantitative estimate of drug-likeness (QED) is 0.938. The number of para-hydroxylation sites is 1. The molecule has 0 aliphatic carbocycles. The van der Waals surface area contributed by atoms with Crippen molar-refractivity contribution in [2.24, 2.45) is 5.73 Å². The molecular weight excluding hydrogens is 262 g/mol. The molecule has 2 aromatic carbocycles. The second-order valence-electron chi connectivity index (χ2n) is 6.15. The maximum atomic E-state index is 6.45. The molecule has 110 valence electrons. The summed E-state index contributed by atoms with van der Waals surface area (Å²) in [5.41, 5.74) is 9.79. The van der Waals surface area contributed by atoms with E-state index in [1.54, 1.807) is 7.11 Å². The number of fused-ring (bicyclic) bond motifs is 1. The number of ether oxygens (including phenoxy) is 2. The van der Waals surface area contributed by atoms with E-state index in [1.165, 1.54) is 5.56 Å². The fourth-order valence-electron chi connectivity index (χ4n) is 2.83. The van der Waals surface area contributed by atoms with Crippen molar-refractivity contribution in [3.8, 4) is 11.5 Å². The zero-order chi connectivity index (χ0) is 15.0. The Morgan fingerprint density at radius 1 is 1.19 bits per heavy atom. The first-order chi connectivity index (χ1) is 10.0. The van der Waals surface area contributed by atoms with Crippen LogP contribution in [0, 0.1) is 0 Å². The smallest absolute Gasteiger partial charge is 0.123 e. The fourth-order valence-corrected chi connectivity index (χ4v) is 2.83. The van der Waals surface area contributed by atoms with Crippen LogP contribution >= 0.6 is 0 Å². The second kappa shape index (κ2) is 5.08. The normalized spacial score (nSPS) is 17.0. The number of benzene rings is 2. The molecule has 3 nitrogen and oxygen atoms in total. The van der Waals surface area contributed by atoms with Gasteiger partial charge in [0.15, 0.2) is 0 Å². The predicted molar refractivity (Wildman–Crippen MR) is 84.0 cm³/mol. The van der Waals surface area contributed by atoms with Crippen molar-refractivity contribution in [3.63, 3.8) is 0 Å². The first kappa shape index (κ1) is 14.0. The van der Waals surface area contributed by atoms with Gasteiger partial charge in [-0.15, -0.1) is 0 Å². The molecule has 0 spiro atoms. The van der Waals surface area contributed by atoms with Gasteiger partial charge < -0.3 is 15.2 Å². The largest absolute Gasteiger partial charge is 0.496 e. The van der Waals surface area contributed by atoms with Crippen LogP contribution in [-0.4, -0.2) is 13.7 Å². The van der Waals surface area contributed by atoms with Crippen LogP contribution in [0.2, 0.25) is 0 Å². The minimum absolute atomic E-state index is 0.0336. The van der Waals surface area contributed by atoms with Gasteiger partial charge in [0, 0.05) is 16.5 Å². The van der Waals surface area contributed by atoms with Gasteiger partial charge in [0.05, 0.1) is 19.8 Å². The van der Waals surface area contributed by atoms with Gasteiger partial charge >= 0.3 is 0 Å². The topological polar surface area (TPSA) is 44.5 Å². The first-order valence-corrected chi connectivity index (χ1v) is 7.18. The summed E-state index contributed by atoms with van der Waals surface area (Å²) in [4.78, 5) is 0. The number of rotatable bonds is 3. The summed E-state index contributed by atoms with van der Waals surface area (Å²) < 4.78 is 11.2. The number of nitrogens with two attached hydrogens (primary N) is 1. The molecule has 0 fully saturated rings. The highest BCUT2D eigenvalue weighted by Gasteiger charge is 2.32. The average molecular weight is 283 g/mol. The van der Waals surface area contributed by atoms with Crippen LogP contribution in [0.4, 0.5) is 0 Å². The third-order valence-electron chi connectivity index (χ3n) is 4.15. The summed E-state index contributed by atoms with van der Waals surface area (Å²) in [5, 5.41) is 0. The Kier molecular flexibility index (Phi) is 3.38. The summed E-state index contributed by atoms with van der Waals surface area (Å²) in [7, 11) is 1.67. The van der Waals surface area contributed by atoms with Crippen LogP contribution in [0.5, 0.6) is 11.5 Å². The Morgan fingerprint density at radius 3 is 2.71 bits per heavy atom. The van der Waals surface area contributed by atoms with Crippen molar-refractivity contribution in [1.29, 1.82) is 0 Å². The highest BCUT2D eigenvalue weighted by Crippen LogP contribution is 2.40. The third-order valence-corrected chi connectivity index (χ3v) is 4.15. The van der Waals surface area contributed by atoms with Crippen molar-refractivity contribution in [3.05, 3.63) is 59.2 Å². The summed E-state index contributed by atoms with van der Waals surface area (Å²) >= 11 is 0. The maximum Gasteiger partial charge on any atom is 0.123 e. The molecule has 0 aromatic heterocycles. The van der Waals surface area contributed by atoms with Crippen molar-refractivity contribution < 1.29 is 9.47 Å². The maximum absolute atomic E-state index is 6.45. The molecule has 0 saturated heterocycles.